The molecule has 0 saturated carbocycles. The summed E-state index contributed by atoms with van der Waals surface area (Å²) in [7, 11) is -3.74. The van der Waals surface area contributed by atoms with Crippen LogP contribution in [-0.4, -0.2) is 30.5 Å². The van der Waals surface area contributed by atoms with Crippen LogP contribution in [0.1, 0.15) is 31.4 Å². The number of benzene rings is 2. The number of nitrogens with zero attached hydrogens (tertiary/aromatic N) is 1. The highest BCUT2D eigenvalue weighted by atomic mass is 79.9. The number of hydrogen-bond acceptors (Lipinski definition) is 3. The van der Waals surface area contributed by atoms with E-state index in [2.05, 4.69) is 15.9 Å². The fraction of sp³-hybridized carbons (Fsp3) is 0.400. The van der Waals surface area contributed by atoms with Gasteiger partial charge in [-0.15, -0.1) is 0 Å². The summed E-state index contributed by atoms with van der Waals surface area (Å²) < 4.78 is 29.0. The van der Waals surface area contributed by atoms with Crippen LogP contribution in [0.2, 0.25) is 0 Å². The molecule has 2 rings (SSSR count). The molecule has 0 unspecified atom stereocenters. The van der Waals surface area contributed by atoms with Crippen molar-refractivity contribution in [2.45, 2.75) is 44.7 Å². The van der Waals surface area contributed by atoms with Crippen LogP contribution in [-0.2, 0) is 16.6 Å². The van der Waals surface area contributed by atoms with Crippen molar-refractivity contribution in [1.29, 1.82) is 0 Å². The minimum absolute atomic E-state index is 0.204. The summed E-state index contributed by atoms with van der Waals surface area (Å²) in [6, 6.07) is 13.9. The lowest BCUT2D eigenvalue weighted by molar-refractivity contribution is 0.164. The van der Waals surface area contributed by atoms with Gasteiger partial charge in [0.1, 0.15) is 0 Å². The summed E-state index contributed by atoms with van der Waals surface area (Å²) in [6.45, 7) is 5.96. The number of aryl methyl sites for hydroxylation is 1. The first-order valence-corrected chi connectivity index (χ1v) is 10.9. The highest BCUT2D eigenvalue weighted by Gasteiger charge is 2.32. The Morgan fingerprint density at radius 2 is 1.69 bits per heavy atom. The molecule has 2 aromatic rings. The van der Waals surface area contributed by atoms with Gasteiger partial charge < -0.3 is 5.11 Å². The van der Waals surface area contributed by atoms with Crippen LogP contribution in [0.5, 0.6) is 0 Å². The summed E-state index contributed by atoms with van der Waals surface area (Å²) in [4.78, 5) is 0.248. The lowest BCUT2D eigenvalue weighted by Crippen LogP contribution is -2.42. The van der Waals surface area contributed by atoms with Crippen LogP contribution in [0.25, 0.3) is 0 Å². The Kier molecular flexibility index (Phi) is 7.41. The normalized spacial score (nSPS) is 13.3. The van der Waals surface area contributed by atoms with E-state index in [1.807, 2.05) is 45.0 Å². The Balaban J connectivity index is 2.48. The largest absolute Gasteiger partial charge is 0.395 e. The molecule has 0 amide bonds. The lowest BCUT2D eigenvalue weighted by Gasteiger charge is -2.31. The van der Waals surface area contributed by atoms with Gasteiger partial charge in [-0.25, -0.2) is 8.42 Å². The molecule has 0 aliphatic heterocycles. The Bertz CT molecular complexity index is 819. The number of halogens is 1. The summed E-state index contributed by atoms with van der Waals surface area (Å²) in [5, 5.41) is 9.93. The van der Waals surface area contributed by atoms with E-state index in [0.29, 0.717) is 6.42 Å². The molecule has 1 N–H and O–H groups in total. The molecule has 0 bridgehead atoms. The second-order valence-electron chi connectivity index (χ2n) is 6.92. The molecule has 0 aliphatic rings. The van der Waals surface area contributed by atoms with Crippen LogP contribution in [0.15, 0.2) is 57.9 Å². The van der Waals surface area contributed by atoms with E-state index in [0.717, 1.165) is 15.6 Å². The smallest absolute Gasteiger partial charge is 0.243 e. The zero-order valence-corrected chi connectivity index (χ0v) is 17.8. The van der Waals surface area contributed by atoms with Gasteiger partial charge in [-0.1, -0.05) is 65.7 Å². The summed E-state index contributed by atoms with van der Waals surface area (Å²) >= 11 is 3.50. The molecule has 4 nitrogen and oxygen atoms in total. The molecular weight excluding hydrogens is 414 g/mol. The molecule has 0 fully saturated rings. The molecule has 6 heteroatoms. The number of hydrogen-bond donors (Lipinski definition) is 1. The topological polar surface area (TPSA) is 57.6 Å². The van der Waals surface area contributed by atoms with E-state index in [9.17, 15) is 13.5 Å². The van der Waals surface area contributed by atoms with Crippen molar-refractivity contribution in [2.24, 2.45) is 5.92 Å². The highest BCUT2D eigenvalue weighted by molar-refractivity contribution is 9.10. The molecular formula is C20H26BrNO3S. The maximum absolute atomic E-state index is 13.3. The van der Waals surface area contributed by atoms with Gasteiger partial charge in [0.25, 0.3) is 0 Å². The van der Waals surface area contributed by atoms with Crippen molar-refractivity contribution in [3.8, 4) is 0 Å². The molecule has 1 atom stereocenters. The van der Waals surface area contributed by atoms with Gasteiger partial charge in [0, 0.05) is 17.1 Å². The molecule has 0 radical (unpaired) electrons. The van der Waals surface area contributed by atoms with Crippen molar-refractivity contribution in [1.82, 2.24) is 4.31 Å². The monoisotopic (exact) mass is 439 g/mol. The van der Waals surface area contributed by atoms with Crippen LogP contribution < -0.4 is 0 Å². The van der Waals surface area contributed by atoms with Gasteiger partial charge in [-0.2, -0.15) is 4.31 Å². The van der Waals surface area contributed by atoms with E-state index in [4.69, 9.17) is 0 Å². The first-order chi connectivity index (χ1) is 12.3. The van der Waals surface area contributed by atoms with E-state index < -0.39 is 16.1 Å². The quantitative estimate of drug-likeness (QED) is 0.664. The van der Waals surface area contributed by atoms with E-state index in [-0.39, 0.29) is 24.0 Å². The van der Waals surface area contributed by atoms with Crippen molar-refractivity contribution in [3.05, 3.63) is 64.1 Å². The number of sulfonamides is 1. The minimum Gasteiger partial charge on any atom is -0.395 e. The fourth-order valence-electron chi connectivity index (χ4n) is 2.88. The molecule has 0 aromatic heterocycles. The third-order valence-electron chi connectivity index (χ3n) is 4.27. The Morgan fingerprint density at radius 1 is 1.08 bits per heavy atom. The van der Waals surface area contributed by atoms with Crippen LogP contribution in [0.4, 0.5) is 0 Å². The van der Waals surface area contributed by atoms with Gasteiger partial charge in [0.15, 0.2) is 0 Å². The van der Waals surface area contributed by atoms with E-state index >= 15 is 0 Å². The minimum atomic E-state index is -3.74. The number of aliphatic hydroxyl groups excluding tert-OH is 1. The SMILES string of the molecule is Cc1ccc(S(=O)(=O)N(Cc2ccccc2Br)[C@H](CO)CC(C)C)cc1. The first-order valence-electron chi connectivity index (χ1n) is 8.68. The molecule has 26 heavy (non-hydrogen) atoms. The highest BCUT2D eigenvalue weighted by Crippen LogP contribution is 2.27. The van der Waals surface area contributed by atoms with E-state index in [1.54, 1.807) is 24.3 Å². The van der Waals surface area contributed by atoms with Crippen molar-refractivity contribution in [3.63, 3.8) is 0 Å². The zero-order valence-electron chi connectivity index (χ0n) is 15.4. The van der Waals surface area contributed by atoms with Gasteiger partial charge in [-0.3, -0.25) is 0 Å². The second kappa shape index (κ2) is 9.13. The zero-order chi connectivity index (χ0) is 19.3. The van der Waals surface area contributed by atoms with Crippen molar-refractivity contribution < 1.29 is 13.5 Å². The average Bonchev–Trinajstić information content (AvgIpc) is 2.59. The third-order valence-corrected chi connectivity index (χ3v) is 6.96. The van der Waals surface area contributed by atoms with Crippen LogP contribution in [0, 0.1) is 12.8 Å². The fourth-order valence-corrected chi connectivity index (χ4v) is 4.89. The average molecular weight is 440 g/mol. The summed E-state index contributed by atoms with van der Waals surface area (Å²) in [5.41, 5.74) is 1.87. The maximum atomic E-state index is 13.3. The Morgan fingerprint density at radius 3 is 2.23 bits per heavy atom. The maximum Gasteiger partial charge on any atom is 0.243 e. The Labute approximate surface area is 165 Å². The van der Waals surface area contributed by atoms with Crippen molar-refractivity contribution >= 4 is 26.0 Å². The predicted octanol–water partition coefficient (Wildman–Crippen LogP) is 4.36. The second-order valence-corrected chi connectivity index (χ2v) is 9.67. The number of aliphatic hydroxyl groups is 1. The van der Waals surface area contributed by atoms with Gasteiger partial charge in [0.2, 0.25) is 10.0 Å². The van der Waals surface area contributed by atoms with E-state index in [1.165, 1.54) is 4.31 Å². The van der Waals surface area contributed by atoms with Crippen LogP contribution in [0.3, 0.4) is 0 Å². The first kappa shape index (κ1) is 21.1. The third kappa shape index (κ3) is 5.16. The molecule has 2 aromatic carbocycles. The Hall–Kier alpha value is -1.21. The predicted molar refractivity (Wildman–Crippen MR) is 108 cm³/mol. The van der Waals surface area contributed by atoms with Crippen LogP contribution >= 0.6 is 15.9 Å². The van der Waals surface area contributed by atoms with Gasteiger partial charge >= 0.3 is 0 Å². The molecule has 0 spiro atoms. The van der Waals surface area contributed by atoms with Gasteiger partial charge in [0.05, 0.1) is 11.5 Å². The summed E-state index contributed by atoms with van der Waals surface area (Å²) in [6.07, 6.45) is 0.589. The van der Waals surface area contributed by atoms with Crippen molar-refractivity contribution in [2.75, 3.05) is 6.61 Å². The molecule has 0 heterocycles. The molecule has 142 valence electrons. The molecule has 0 saturated heterocycles. The number of rotatable bonds is 8. The lowest BCUT2D eigenvalue weighted by atomic mass is 10.0. The molecule has 0 aliphatic carbocycles. The van der Waals surface area contributed by atoms with Gasteiger partial charge in [-0.05, 0) is 43.0 Å². The summed E-state index contributed by atoms with van der Waals surface area (Å²) in [5.74, 6) is 0.266. The standard InChI is InChI=1S/C20H26BrNO3S/c1-15(2)12-18(14-23)22(13-17-6-4-5-7-20(17)21)26(24,25)19-10-8-16(3)9-11-19/h4-11,15,18,23H,12-14H2,1-3H3/t18-/m0/s1.